The molecule has 2 rings (SSSR count). The number of anilines is 1. The van der Waals surface area contributed by atoms with E-state index in [1.165, 1.54) is 17.7 Å². The van der Waals surface area contributed by atoms with Crippen molar-refractivity contribution in [1.29, 1.82) is 0 Å². The number of carbonyl (C=O) groups excluding carboxylic acids is 2. The molecule has 122 valence electrons. The smallest absolute Gasteiger partial charge is 0.253 e. The molecule has 22 heavy (non-hydrogen) atoms. The number of carbonyl (C=O) groups is 2. The lowest BCUT2D eigenvalue weighted by Crippen LogP contribution is -2.29. The van der Waals surface area contributed by atoms with Gasteiger partial charge < -0.3 is 15.5 Å². The molecular weight excluding hydrogens is 302 g/mol. The second-order valence-electron chi connectivity index (χ2n) is 5.85. The molecule has 0 aromatic heterocycles. The topological polar surface area (TPSA) is 61.4 Å². The fourth-order valence-electron chi connectivity index (χ4n) is 2.09. The van der Waals surface area contributed by atoms with Crippen LogP contribution in [0.3, 0.4) is 0 Å². The zero-order chi connectivity index (χ0) is 15.4. The molecule has 1 aliphatic rings. The fourth-order valence-corrected chi connectivity index (χ4v) is 2.09. The molecule has 1 aromatic carbocycles. The third-order valence-electron chi connectivity index (χ3n) is 3.57. The normalized spacial score (nSPS) is 13.2. The number of hydrogen-bond acceptors (Lipinski definition) is 3. The van der Waals surface area contributed by atoms with Crippen molar-refractivity contribution >= 4 is 29.9 Å². The molecular formula is C16H24ClN3O2. The number of nitrogens with zero attached hydrogens (tertiary/aromatic N) is 1. The Balaban J connectivity index is 0.00000242. The summed E-state index contributed by atoms with van der Waals surface area (Å²) in [5.74, 6) is 0.611. The van der Waals surface area contributed by atoms with Gasteiger partial charge in [-0.25, -0.2) is 0 Å². The van der Waals surface area contributed by atoms with Crippen LogP contribution in [0, 0.1) is 12.8 Å². The molecule has 0 atom stereocenters. The molecule has 0 spiro atoms. The Kier molecular flexibility index (Phi) is 6.84. The van der Waals surface area contributed by atoms with E-state index < -0.39 is 0 Å². The summed E-state index contributed by atoms with van der Waals surface area (Å²) >= 11 is 0. The molecule has 0 bridgehead atoms. The first kappa shape index (κ1) is 18.5. The maximum Gasteiger partial charge on any atom is 0.253 e. The Morgan fingerprint density at radius 2 is 1.95 bits per heavy atom. The van der Waals surface area contributed by atoms with E-state index in [2.05, 4.69) is 10.6 Å². The molecule has 1 saturated carbocycles. The quantitative estimate of drug-likeness (QED) is 0.841. The summed E-state index contributed by atoms with van der Waals surface area (Å²) in [4.78, 5) is 25.4. The Labute approximate surface area is 137 Å². The zero-order valence-corrected chi connectivity index (χ0v) is 14.1. The second-order valence-corrected chi connectivity index (χ2v) is 5.85. The highest BCUT2D eigenvalue weighted by molar-refractivity contribution is 5.98. The summed E-state index contributed by atoms with van der Waals surface area (Å²) in [6.45, 7) is 3.10. The summed E-state index contributed by atoms with van der Waals surface area (Å²) in [7, 11) is 3.43. The number of aryl methyl sites for hydroxylation is 1. The van der Waals surface area contributed by atoms with Gasteiger partial charge in [-0.2, -0.15) is 0 Å². The first-order chi connectivity index (χ1) is 9.97. The Morgan fingerprint density at radius 1 is 1.27 bits per heavy atom. The van der Waals surface area contributed by atoms with E-state index in [0.29, 0.717) is 17.8 Å². The van der Waals surface area contributed by atoms with Crippen molar-refractivity contribution in [3.63, 3.8) is 0 Å². The minimum absolute atomic E-state index is 0. The molecule has 2 amide bonds. The third kappa shape index (κ3) is 5.31. The van der Waals surface area contributed by atoms with Crippen molar-refractivity contribution in [2.45, 2.75) is 19.8 Å². The average Bonchev–Trinajstić information content (AvgIpc) is 3.24. The van der Waals surface area contributed by atoms with E-state index >= 15 is 0 Å². The Hall–Kier alpha value is -1.59. The van der Waals surface area contributed by atoms with E-state index in [-0.39, 0.29) is 24.2 Å². The number of hydrogen-bond donors (Lipinski definition) is 2. The number of halogens is 1. The van der Waals surface area contributed by atoms with Crippen LogP contribution in [-0.4, -0.2) is 43.9 Å². The zero-order valence-electron chi connectivity index (χ0n) is 13.3. The van der Waals surface area contributed by atoms with Crippen LogP contribution in [-0.2, 0) is 4.79 Å². The second kappa shape index (κ2) is 8.15. The SMILES string of the molecule is Cc1ccc(NC(=O)CNCC2CC2)cc1C(=O)N(C)C.Cl. The molecule has 1 aliphatic carbocycles. The van der Waals surface area contributed by atoms with E-state index in [1.54, 1.807) is 20.2 Å². The highest BCUT2D eigenvalue weighted by atomic mass is 35.5. The lowest BCUT2D eigenvalue weighted by atomic mass is 10.1. The summed E-state index contributed by atoms with van der Waals surface area (Å²) in [5.41, 5.74) is 2.17. The highest BCUT2D eigenvalue weighted by Crippen LogP contribution is 2.27. The summed E-state index contributed by atoms with van der Waals surface area (Å²) in [6.07, 6.45) is 2.53. The summed E-state index contributed by atoms with van der Waals surface area (Å²) in [6, 6.07) is 5.40. The maximum absolute atomic E-state index is 12.1. The minimum atomic E-state index is -0.0808. The van der Waals surface area contributed by atoms with Gasteiger partial charge in [0, 0.05) is 25.3 Å². The van der Waals surface area contributed by atoms with Gasteiger partial charge in [0.2, 0.25) is 5.91 Å². The van der Waals surface area contributed by atoms with Crippen molar-refractivity contribution < 1.29 is 9.59 Å². The van der Waals surface area contributed by atoms with Gasteiger partial charge in [-0.15, -0.1) is 12.4 Å². The lowest BCUT2D eigenvalue weighted by molar-refractivity contribution is -0.115. The van der Waals surface area contributed by atoms with Crippen molar-refractivity contribution in [2.24, 2.45) is 5.92 Å². The van der Waals surface area contributed by atoms with Gasteiger partial charge in [0.05, 0.1) is 6.54 Å². The van der Waals surface area contributed by atoms with E-state index in [0.717, 1.165) is 18.0 Å². The van der Waals surface area contributed by atoms with Crippen LogP contribution in [0.1, 0.15) is 28.8 Å². The van der Waals surface area contributed by atoms with Gasteiger partial charge in [-0.1, -0.05) is 6.07 Å². The molecule has 2 N–H and O–H groups in total. The largest absolute Gasteiger partial charge is 0.345 e. The summed E-state index contributed by atoms with van der Waals surface area (Å²) < 4.78 is 0. The van der Waals surface area contributed by atoms with E-state index in [4.69, 9.17) is 0 Å². The molecule has 0 saturated heterocycles. The van der Waals surface area contributed by atoms with Gasteiger partial charge >= 0.3 is 0 Å². The fraction of sp³-hybridized carbons (Fsp3) is 0.500. The molecule has 1 aromatic rings. The van der Waals surface area contributed by atoms with Crippen molar-refractivity contribution in [3.8, 4) is 0 Å². The first-order valence-electron chi connectivity index (χ1n) is 7.30. The summed E-state index contributed by atoms with van der Waals surface area (Å²) in [5, 5.41) is 5.97. The van der Waals surface area contributed by atoms with Crippen molar-refractivity contribution in [1.82, 2.24) is 10.2 Å². The number of rotatable bonds is 6. The van der Waals surface area contributed by atoms with Crippen molar-refractivity contribution in [3.05, 3.63) is 29.3 Å². The van der Waals surface area contributed by atoms with Crippen LogP contribution in [0.2, 0.25) is 0 Å². The molecule has 0 radical (unpaired) electrons. The Bertz CT molecular complexity index is 542. The van der Waals surface area contributed by atoms with Crippen LogP contribution in [0.25, 0.3) is 0 Å². The molecule has 5 nitrogen and oxygen atoms in total. The number of benzene rings is 1. The van der Waals surface area contributed by atoms with Gasteiger partial charge in [-0.05, 0) is 49.9 Å². The lowest BCUT2D eigenvalue weighted by Gasteiger charge is -2.14. The molecule has 0 aliphatic heterocycles. The van der Waals surface area contributed by atoms with Crippen LogP contribution in [0.4, 0.5) is 5.69 Å². The first-order valence-corrected chi connectivity index (χ1v) is 7.30. The predicted molar refractivity (Wildman–Crippen MR) is 90.7 cm³/mol. The van der Waals surface area contributed by atoms with Gasteiger partial charge in [0.1, 0.15) is 0 Å². The van der Waals surface area contributed by atoms with Crippen LogP contribution in [0.5, 0.6) is 0 Å². The van der Waals surface area contributed by atoms with E-state index in [9.17, 15) is 9.59 Å². The monoisotopic (exact) mass is 325 g/mol. The molecule has 6 heteroatoms. The molecule has 0 unspecified atom stereocenters. The highest BCUT2D eigenvalue weighted by Gasteiger charge is 2.20. The number of nitrogens with one attached hydrogen (secondary N) is 2. The maximum atomic E-state index is 12.1. The van der Waals surface area contributed by atoms with Crippen LogP contribution in [0.15, 0.2) is 18.2 Å². The van der Waals surface area contributed by atoms with Gasteiger partial charge in [0.15, 0.2) is 0 Å². The van der Waals surface area contributed by atoms with Crippen LogP contribution < -0.4 is 10.6 Å². The number of amides is 2. The van der Waals surface area contributed by atoms with E-state index in [1.807, 2.05) is 19.1 Å². The molecule has 0 heterocycles. The van der Waals surface area contributed by atoms with Crippen LogP contribution >= 0.6 is 12.4 Å². The minimum Gasteiger partial charge on any atom is -0.345 e. The Morgan fingerprint density at radius 3 is 2.55 bits per heavy atom. The standard InChI is InChI=1S/C16H23N3O2.ClH/c1-11-4-7-13(8-14(11)16(21)19(2)3)18-15(20)10-17-9-12-5-6-12;/h4,7-8,12,17H,5-6,9-10H2,1-3H3,(H,18,20);1H. The van der Waals surface area contributed by atoms with Gasteiger partial charge in [0.25, 0.3) is 5.91 Å². The third-order valence-corrected chi connectivity index (χ3v) is 3.57. The molecule has 1 fully saturated rings. The van der Waals surface area contributed by atoms with Crippen molar-refractivity contribution in [2.75, 3.05) is 32.5 Å². The predicted octanol–water partition coefficient (Wildman–Crippen LogP) is 2.06. The van der Waals surface area contributed by atoms with Gasteiger partial charge in [-0.3, -0.25) is 9.59 Å². The average molecular weight is 326 g/mol.